The molecule has 3 heterocycles. The monoisotopic (exact) mass is 418 g/mol. The molecule has 1 aliphatic carbocycles. The molecule has 1 unspecified atom stereocenters. The maximum atomic E-state index is 13.8. The Balaban J connectivity index is 1.87. The van der Waals surface area contributed by atoms with Gasteiger partial charge in [-0.05, 0) is 34.8 Å². The van der Waals surface area contributed by atoms with E-state index in [2.05, 4.69) is 26.1 Å². The summed E-state index contributed by atoms with van der Waals surface area (Å²) in [5, 5.41) is 8.18. The lowest BCUT2D eigenvalue weighted by atomic mass is 9.67. The Labute approximate surface area is 151 Å². The number of ether oxygens (including phenoxy) is 1. The highest BCUT2D eigenvalue weighted by Crippen LogP contribution is 2.54. The van der Waals surface area contributed by atoms with Gasteiger partial charge in [-0.1, -0.05) is 6.42 Å². The van der Waals surface area contributed by atoms with Gasteiger partial charge in [0.05, 0.1) is 12.3 Å². The van der Waals surface area contributed by atoms with E-state index in [1.165, 1.54) is 0 Å². The van der Waals surface area contributed by atoms with E-state index in [4.69, 9.17) is 4.74 Å². The van der Waals surface area contributed by atoms with Crippen LogP contribution in [0.2, 0.25) is 0 Å². The Bertz CT molecular complexity index is 794. The maximum absolute atomic E-state index is 13.8. The third kappa shape index (κ3) is 2.54. The number of alkyl halides is 3. The Morgan fingerprint density at radius 1 is 1.32 bits per heavy atom. The van der Waals surface area contributed by atoms with Gasteiger partial charge < -0.3 is 13.9 Å². The number of hydrogen-bond donors (Lipinski definition) is 0. The van der Waals surface area contributed by atoms with E-state index in [0.717, 1.165) is 10.2 Å². The fourth-order valence-corrected chi connectivity index (χ4v) is 4.40. The summed E-state index contributed by atoms with van der Waals surface area (Å²) < 4.78 is 51.3. The van der Waals surface area contributed by atoms with E-state index in [-0.39, 0.29) is 24.6 Å². The fourth-order valence-electron chi connectivity index (χ4n) is 3.93. The van der Waals surface area contributed by atoms with E-state index in [0.29, 0.717) is 31.9 Å². The van der Waals surface area contributed by atoms with Crippen molar-refractivity contribution in [2.45, 2.75) is 43.9 Å². The average molecular weight is 419 g/mol. The summed E-state index contributed by atoms with van der Waals surface area (Å²) in [5.41, 5.74) is -1.09. The Morgan fingerprint density at radius 3 is 2.68 bits per heavy atom. The molecule has 1 saturated carbocycles. The van der Waals surface area contributed by atoms with Gasteiger partial charge in [-0.15, -0.1) is 10.2 Å². The van der Waals surface area contributed by atoms with Crippen molar-refractivity contribution in [3.8, 4) is 11.5 Å². The molecule has 2 aromatic heterocycles. The predicted octanol–water partition coefficient (Wildman–Crippen LogP) is 3.77. The van der Waals surface area contributed by atoms with Crippen molar-refractivity contribution in [1.82, 2.24) is 19.3 Å². The van der Waals surface area contributed by atoms with Gasteiger partial charge in [-0.2, -0.15) is 13.2 Å². The van der Waals surface area contributed by atoms with E-state index >= 15 is 0 Å². The van der Waals surface area contributed by atoms with Crippen LogP contribution in [0.3, 0.4) is 0 Å². The summed E-state index contributed by atoms with van der Waals surface area (Å²) in [6, 6.07) is 1.88. The first-order valence-corrected chi connectivity index (χ1v) is 9.00. The average Bonchev–Trinajstić information content (AvgIpc) is 2.98. The molecule has 5 nitrogen and oxygen atoms in total. The second kappa shape index (κ2) is 5.84. The standard InChI is InChI=1S/C16H18BrF3N4O/c1-25-9-10-6-23-8-11(17)5-12(23)13-21-22-14(24(13)7-10)15(3-2-4-15)16(18,19)20/h5,8,10H,2-4,6-7,9H2,1H3. The molecule has 0 aromatic carbocycles. The summed E-state index contributed by atoms with van der Waals surface area (Å²) in [7, 11) is 1.61. The first-order chi connectivity index (χ1) is 11.9. The largest absolute Gasteiger partial charge is 0.401 e. The minimum absolute atomic E-state index is 0.0458. The zero-order chi connectivity index (χ0) is 17.8. The van der Waals surface area contributed by atoms with Crippen molar-refractivity contribution in [3.05, 3.63) is 22.6 Å². The molecule has 0 radical (unpaired) electrons. The van der Waals surface area contributed by atoms with Crippen molar-refractivity contribution in [2.75, 3.05) is 13.7 Å². The number of rotatable bonds is 3. The molecule has 1 atom stereocenters. The summed E-state index contributed by atoms with van der Waals surface area (Å²) in [5.74, 6) is 0.590. The van der Waals surface area contributed by atoms with Crippen LogP contribution in [0, 0.1) is 5.92 Å². The van der Waals surface area contributed by atoms with E-state index in [1.54, 1.807) is 11.7 Å². The lowest BCUT2D eigenvalue weighted by Crippen LogP contribution is -2.50. The number of aromatic nitrogens is 4. The molecular formula is C16H18BrF3N4O. The number of methoxy groups -OCH3 is 1. The van der Waals surface area contributed by atoms with Crippen LogP contribution in [0.1, 0.15) is 25.1 Å². The van der Waals surface area contributed by atoms with Crippen molar-refractivity contribution in [3.63, 3.8) is 0 Å². The first-order valence-electron chi connectivity index (χ1n) is 8.21. The zero-order valence-corrected chi connectivity index (χ0v) is 15.3. The highest BCUT2D eigenvalue weighted by Gasteiger charge is 2.62. The van der Waals surface area contributed by atoms with Crippen LogP contribution in [-0.2, 0) is 23.2 Å². The SMILES string of the molecule is COCC1Cn2cc(Br)cc2-c2nnc(C3(C(F)(F)F)CCC3)n2C1. The minimum Gasteiger partial charge on any atom is -0.384 e. The molecule has 0 bridgehead atoms. The van der Waals surface area contributed by atoms with Crippen LogP contribution >= 0.6 is 15.9 Å². The van der Waals surface area contributed by atoms with Crippen molar-refractivity contribution >= 4 is 15.9 Å². The smallest absolute Gasteiger partial charge is 0.384 e. The molecule has 1 fully saturated rings. The van der Waals surface area contributed by atoms with Crippen LogP contribution in [0.4, 0.5) is 13.2 Å². The van der Waals surface area contributed by atoms with Crippen LogP contribution in [0.25, 0.3) is 11.5 Å². The summed E-state index contributed by atoms with van der Waals surface area (Å²) >= 11 is 3.44. The van der Waals surface area contributed by atoms with Crippen LogP contribution in [0.5, 0.6) is 0 Å². The van der Waals surface area contributed by atoms with Crippen LogP contribution in [0.15, 0.2) is 16.7 Å². The Hall–Kier alpha value is -1.35. The summed E-state index contributed by atoms with van der Waals surface area (Å²) in [6.07, 6.45) is -1.68. The van der Waals surface area contributed by atoms with E-state index < -0.39 is 11.6 Å². The molecule has 0 amide bonds. The normalized spacial score (nSPS) is 22.0. The van der Waals surface area contributed by atoms with Crippen LogP contribution in [-0.4, -0.2) is 39.2 Å². The number of halogens is 4. The minimum atomic E-state index is -4.32. The molecule has 0 spiro atoms. The van der Waals surface area contributed by atoms with Crippen LogP contribution < -0.4 is 0 Å². The number of fused-ring (bicyclic) bond motifs is 3. The highest BCUT2D eigenvalue weighted by molar-refractivity contribution is 9.10. The van der Waals surface area contributed by atoms with Crippen molar-refractivity contribution in [1.29, 1.82) is 0 Å². The Kier molecular flexibility index (Phi) is 3.99. The van der Waals surface area contributed by atoms with Gasteiger partial charge in [0.25, 0.3) is 0 Å². The van der Waals surface area contributed by atoms with Gasteiger partial charge >= 0.3 is 6.18 Å². The predicted molar refractivity (Wildman–Crippen MR) is 88.1 cm³/mol. The highest BCUT2D eigenvalue weighted by atomic mass is 79.9. The third-order valence-corrected chi connectivity index (χ3v) is 5.75. The van der Waals surface area contributed by atoms with Gasteiger partial charge in [0.1, 0.15) is 11.2 Å². The third-order valence-electron chi connectivity index (χ3n) is 5.32. The molecule has 0 N–H and O–H groups in total. The molecule has 9 heteroatoms. The molecule has 2 aliphatic rings. The molecule has 4 rings (SSSR count). The quantitative estimate of drug-likeness (QED) is 0.761. The second-order valence-electron chi connectivity index (χ2n) is 6.91. The molecule has 2 aromatic rings. The zero-order valence-electron chi connectivity index (χ0n) is 13.7. The molecule has 0 saturated heterocycles. The van der Waals surface area contributed by atoms with Gasteiger partial charge in [-0.25, -0.2) is 0 Å². The Morgan fingerprint density at radius 2 is 2.08 bits per heavy atom. The maximum Gasteiger partial charge on any atom is 0.401 e. The van der Waals surface area contributed by atoms with Crippen molar-refractivity contribution < 1.29 is 17.9 Å². The summed E-state index contributed by atoms with van der Waals surface area (Å²) in [4.78, 5) is 0. The fraction of sp³-hybridized carbons (Fsp3) is 0.625. The van der Waals surface area contributed by atoms with Gasteiger partial charge in [0, 0.05) is 36.8 Å². The van der Waals surface area contributed by atoms with Gasteiger partial charge in [0.2, 0.25) is 0 Å². The molecule has 25 heavy (non-hydrogen) atoms. The first kappa shape index (κ1) is 17.1. The molecule has 1 aliphatic heterocycles. The summed E-state index contributed by atoms with van der Waals surface area (Å²) in [6.45, 7) is 1.55. The van der Waals surface area contributed by atoms with Gasteiger partial charge in [-0.3, -0.25) is 0 Å². The van der Waals surface area contributed by atoms with E-state index in [9.17, 15) is 13.2 Å². The topological polar surface area (TPSA) is 44.9 Å². The lowest BCUT2D eigenvalue weighted by Gasteiger charge is -2.42. The number of nitrogens with zero attached hydrogens (tertiary/aromatic N) is 4. The molecule has 136 valence electrons. The van der Waals surface area contributed by atoms with Crippen molar-refractivity contribution in [2.24, 2.45) is 5.92 Å². The van der Waals surface area contributed by atoms with E-state index in [1.807, 2.05) is 16.8 Å². The number of hydrogen-bond acceptors (Lipinski definition) is 3. The second-order valence-corrected chi connectivity index (χ2v) is 7.82. The molecular weight excluding hydrogens is 401 g/mol. The van der Waals surface area contributed by atoms with Gasteiger partial charge in [0.15, 0.2) is 5.82 Å². The lowest BCUT2D eigenvalue weighted by molar-refractivity contribution is -0.216.